The van der Waals surface area contributed by atoms with E-state index in [1.807, 2.05) is 0 Å². The number of hydrogen-bond donors (Lipinski definition) is 2. The molecule has 1 aromatic carbocycles. The summed E-state index contributed by atoms with van der Waals surface area (Å²) in [5, 5.41) is 4.03. The van der Waals surface area contributed by atoms with Gasteiger partial charge in [-0.25, -0.2) is 0 Å². The SMILES string of the molecule is NC(=O)CNCc1ccc(Cl)cc1Cl. The van der Waals surface area contributed by atoms with Gasteiger partial charge in [0.25, 0.3) is 0 Å². The first-order chi connectivity index (χ1) is 6.59. The van der Waals surface area contributed by atoms with E-state index in [1.165, 1.54) is 0 Å². The Labute approximate surface area is 92.2 Å². The number of carbonyl (C=O) groups excluding carboxylic acids is 1. The van der Waals surface area contributed by atoms with Crippen LogP contribution in [0.5, 0.6) is 0 Å². The van der Waals surface area contributed by atoms with Crippen molar-refractivity contribution in [3.63, 3.8) is 0 Å². The van der Waals surface area contributed by atoms with Gasteiger partial charge in [-0.3, -0.25) is 4.79 Å². The van der Waals surface area contributed by atoms with Crippen LogP contribution < -0.4 is 11.1 Å². The van der Waals surface area contributed by atoms with Crippen molar-refractivity contribution in [2.75, 3.05) is 6.54 Å². The molecule has 0 aliphatic heterocycles. The maximum absolute atomic E-state index is 10.4. The summed E-state index contributed by atoms with van der Waals surface area (Å²) in [6.45, 7) is 0.637. The lowest BCUT2D eigenvalue weighted by Gasteiger charge is -2.05. The van der Waals surface area contributed by atoms with Crippen LogP contribution in [0, 0.1) is 0 Å². The Morgan fingerprint density at radius 1 is 1.43 bits per heavy atom. The van der Waals surface area contributed by atoms with Gasteiger partial charge in [-0.15, -0.1) is 0 Å². The van der Waals surface area contributed by atoms with Crippen LogP contribution in [0.4, 0.5) is 0 Å². The zero-order chi connectivity index (χ0) is 10.6. The van der Waals surface area contributed by atoms with Crippen molar-refractivity contribution >= 4 is 29.1 Å². The van der Waals surface area contributed by atoms with Crippen LogP contribution in [0.15, 0.2) is 18.2 Å². The lowest BCUT2D eigenvalue weighted by Crippen LogP contribution is -2.28. The summed E-state index contributed by atoms with van der Waals surface area (Å²) in [5.41, 5.74) is 5.85. The number of halogens is 2. The van der Waals surface area contributed by atoms with Gasteiger partial charge in [-0.05, 0) is 17.7 Å². The maximum atomic E-state index is 10.4. The van der Waals surface area contributed by atoms with Crippen LogP contribution in [-0.4, -0.2) is 12.5 Å². The molecule has 0 saturated heterocycles. The van der Waals surface area contributed by atoms with Gasteiger partial charge >= 0.3 is 0 Å². The van der Waals surface area contributed by atoms with Gasteiger partial charge in [-0.2, -0.15) is 0 Å². The number of hydrogen-bond acceptors (Lipinski definition) is 2. The van der Waals surface area contributed by atoms with E-state index in [2.05, 4.69) is 5.32 Å². The molecule has 0 fully saturated rings. The monoisotopic (exact) mass is 232 g/mol. The minimum absolute atomic E-state index is 0.138. The van der Waals surface area contributed by atoms with E-state index in [0.717, 1.165) is 5.56 Å². The highest BCUT2D eigenvalue weighted by atomic mass is 35.5. The minimum atomic E-state index is -0.393. The second kappa shape index (κ2) is 5.20. The minimum Gasteiger partial charge on any atom is -0.369 e. The number of nitrogens with one attached hydrogen (secondary N) is 1. The smallest absolute Gasteiger partial charge is 0.231 e. The molecule has 0 spiro atoms. The molecule has 0 aromatic heterocycles. The van der Waals surface area contributed by atoms with Crippen molar-refractivity contribution in [2.24, 2.45) is 5.73 Å². The second-order valence-corrected chi connectivity index (χ2v) is 3.65. The van der Waals surface area contributed by atoms with E-state index >= 15 is 0 Å². The molecule has 1 aromatic rings. The molecule has 0 aliphatic carbocycles. The highest BCUT2D eigenvalue weighted by molar-refractivity contribution is 6.35. The van der Waals surface area contributed by atoms with Crippen LogP contribution in [0.1, 0.15) is 5.56 Å². The van der Waals surface area contributed by atoms with Crippen molar-refractivity contribution in [3.05, 3.63) is 33.8 Å². The van der Waals surface area contributed by atoms with Crippen LogP contribution in [0.3, 0.4) is 0 Å². The third-order valence-corrected chi connectivity index (χ3v) is 2.22. The Morgan fingerprint density at radius 2 is 2.14 bits per heavy atom. The van der Waals surface area contributed by atoms with Crippen LogP contribution in [0.25, 0.3) is 0 Å². The van der Waals surface area contributed by atoms with Crippen LogP contribution in [-0.2, 0) is 11.3 Å². The molecule has 0 bridgehead atoms. The largest absolute Gasteiger partial charge is 0.369 e. The Morgan fingerprint density at radius 3 is 2.71 bits per heavy atom. The molecular weight excluding hydrogens is 223 g/mol. The zero-order valence-electron chi connectivity index (χ0n) is 7.39. The van der Waals surface area contributed by atoms with Crippen LogP contribution in [0.2, 0.25) is 10.0 Å². The summed E-state index contributed by atoms with van der Waals surface area (Å²) < 4.78 is 0. The molecule has 76 valence electrons. The normalized spacial score (nSPS) is 10.1. The molecule has 0 radical (unpaired) electrons. The fourth-order valence-corrected chi connectivity index (χ4v) is 1.46. The lowest BCUT2D eigenvalue weighted by atomic mass is 10.2. The molecule has 3 nitrogen and oxygen atoms in total. The quantitative estimate of drug-likeness (QED) is 0.829. The Kier molecular flexibility index (Phi) is 4.20. The standard InChI is InChI=1S/C9H10Cl2N2O/c10-7-2-1-6(8(11)3-7)4-13-5-9(12)14/h1-3,13H,4-5H2,(H2,12,14). The van der Waals surface area contributed by atoms with Gasteiger partial charge in [-0.1, -0.05) is 29.3 Å². The van der Waals surface area contributed by atoms with Gasteiger partial charge in [0.1, 0.15) is 0 Å². The average molecular weight is 233 g/mol. The highest BCUT2D eigenvalue weighted by Crippen LogP contribution is 2.20. The lowest BCUT2D eigenvalue weighted by molar-refractivity contribution is -0.117. The molecule has 0 heterocycles. The predicted molar refractivity (Wildman–Crippen MR) is 57.4 cm³/mol. The molecule has 1 amide bonds. The van der Waals surface area contributed by atoms with Gasteiger partial charge < -0.3 is 11.1 Å². The third kappa shape index (κ3) is 3.54. The molecule has 0 unspecified atom stereocenters. The van der Waals surface area contributed by atoms with Gasteiger partial charge in [0.2, 0.25) is 5.91 Å². The first-order valence-corrected chi connectivity index (χ1v) is 4.78. The summed E-state index contributed by atoms with van der Waals surface area (Å²) >= 11 is 11.6. The maximum Gasteiger partial charge on any atom is 0.231 e. The Hall–Kier alpha value is -0.770. The van der Waals surface area contributed by atoms with E-state index in [-0.39, 0.29) is 6.54 Å². The molecule has 3 N–H and O–H groups in total. The van der Waals surface area contributed by atoms with E-state index < -0.39 is 5.91 Å². The summed E-state index contributed by atoms with van der Waals surface area (Å²) in [7, 11) is 0. The Bertz CT molecular complexity index is 342. The molecule has 1 rings (SSSR count). The van der Waals surface area contributed by atoms with Crippen molar-refractivity contribution in [1.82, 2.24) is 5.32 Å². The zero-order valence-corrected chi connectivity index (χ0v) is 8.90. The number of primary amides is 1. The third-order valence-electron chi connectivity index (χ3n) is 1.63. The number of nitrogens with two attached hydrogens (primary N) is 1. The van der Waals surface area contributed by atoms with E-state index in [4.69, 9.17) is 28.9 Å². The average Bonchev–Trinajstić information content (AvgIpc) is 2.08. The molecule has 0 aliphatic rings. The van der Waals surface area contributed by atoms with Crippen molar-refractivity contribution in [2.45, 2.75) is 6.54 Å². The topological polar surface area (TPSA) is 55.1 Å². The van der Waals surface area contributed by atoms with Gasteiger partial charge in [0.05, 0.1) is 6.54 Å². The van der Waals surface area contributed by atoms with E-state index in [9.17, 15) is 4.79 Å². The number of benzene rings is 1. The number of amides is 1. The molecule has 14 heavy (non-hydrogen) atoms. The summed E-state index contributed by atoms with van der Waals surface area (Å²) in [6.07, 6.45) is 0. The van der Waals surface area contributed by atoms with E-state index in [1.54, 1.807) is 18.2 Å². The van der Waals surface area contributed by atoms with Gasteiger partial charge in [0, 0.05) is 16.6 Å². The molecule has 0 atom stereocenters. The van der Waals surface area contributed by atoms with Crippen LogP contribution >= 0.6 is 23.2 Å². The summed E-state index contributed by atoms with van der Waals surface area (Å²) in [4.78, 5) is 10.4. The van der Waals surface area contributed by atoms with Crippen molar-refractivity contribution in [3.8, 4) is 0 Å². The number of rotatable bonds is 4. The first kappa shape index (κ1) is 11.3. The second-order valence-electron chi connectivity index (χ2n) is 2.81. The van der Waals surface area contributed by atoms with Crippen molar-refractivity contribution in [1.29, 1.82) is 0 Å². The first-order valence-electron chi connectivity index (χ1n) is 4.02. The fraction of sp³-hybridized carbons (Fsp3) is 0.222. The van der Waals surface area contributed by atoms with Gasteiger partial charge in [0.15, 0.2) is 0 Å². The summed E-state index contributed by atoms with van der Waals surface area (Å²) in [6, 6.07) is 5.21. The summed E-state index contributed by atoms with van der Waals surface area (Å²) in [5.74, 6) is -0.393. The number of carbonyl (C=O) groups is 1. The highest BCUT2D eigenvalue weighted by Gasteiger charge is 2.01. The Balaban J connectivity index is 2.55. The predicted octanol–water partition coefficient (Wildman–Crippen LogP) is 1.57. The van der Waals surface area contributed by atoms with Crippen molar-refractivity contribution < 1.29 is 4.79 Å². The molecular formula is C9H10Cl2N2O. The molecule has 5 heteroatoms. The fourth-order valence-electron chi connectivity index (χ4n) is 0.985. The van der Waals surface area contributed by atoms with E-state index in [0.29, 0.717) is 16.6 Å². The molecule has 0 saturated carbocycles.